The molecule has 0 radical (unpaired) electrons. The number of aromatic nitrogens is 1. The summed E-state index contributed by atoms with van der Waals surface area (Å²) >= 11 is 0. The van der Waals surface area contributed by atoms with Gasteiger partial charge in [0.05, 0.1) is 12.1 Å². The third kappa shape index (κ3) is 2.93. The second-order valence-corrected chi connectivity index (χ2v) is 3.69. The second kappa shape index (κ2) is 5.61. The number of rotatable bonds is 5. The number of pyridine rings is 1. The molecular weight excluding hydrogens is 216 g/mol. The number of hydrogen-bond donors (Lipinski definition) is 1. The van der Waals surface area contributed by atoms with Gasteiger partial charge in [-0.05, 0) is 24.3 Å². The number of fused-ring (bicyclic) bond motifs is 1. The number of ether oxygens (including phenoxy) is 2. The van der Waals surface area contributed by atoms with Crippen molar-refractivity contribution in [2.24, 2.45) is 0 Å². The molecule has 0 bridgehead atoms. The minimum Gasteiger partial charge on any atom is -0.380 e. The fraction of sp³-hybridized carbons (Fsp3) is 0.308. The first-order chi connectivity index (χ1) is 8.33. The van der Waals surface area contributed by atoms with Gasteiger partial charge < -0.3 is 14.8 Å². The Morgan fingerprint density at radius 3 is 2.82 bits per heavy atom. The van der Waals surface area contributed by atoms with Crippen LogP contribution >= 0.6 is 0 Å². The zero-order valence-electron chi connectivity index (χ0n) is 10.0. The number of anilines is 1. The monoisotopic (exact) mass is 232 g/mol. The Bertz CT molecular complexity index is 484. The van der Waals surface area contributed by atoms with Crippen LogP contribution in [0, 0.1) is 0 Å². The lowest BCUT2D eigenvalue weighted by atomic mass is 10.2. The summed E-state index contributed by atoms with van der Waals surface area (Å²) in [6.07, 6.45) is 1.56. The molecule has 0 atom stereocenters. The molecule has 0 saturated heterocycles. The third-order valence-corrected chi connectivity index (χ3v) is 2.60. The Hall–Kier alpha value is -1.65. The van der Waals surface area contributed by atoms with Gasteiger partial charge in [-0.25, -0.2) is 0 Å². The highest BCUT2D eigenvalue weighted by atomic mass is 16.7. The molecule has 0 saturated carbocycles. The van der Waals surface area contributed by atoms with Gasteiger partial charge in [-0.2, -0.15) is 0 Å². The lowest BCUT2D eigenvalue weighted by Crippen LogP contribution is -2.23. The molecule has 2 aromatic rings. The van der Waals surface area contributed by atoms with E-state index in [4.69, 9.17) is 9.47 Å². The summed E-state index contributed by atoms with van der Waals surface area (Å²) in [5.41, 5.74) is 2.03. The first-order valence-corrected chi connectivity index (χ1v) is 5.47. The maximum absolute atomic E-state index is 5.11. The molecule has 1 aromatic heterocycles. The molecule has 1 heterocycles. The summed E-state index contributed by atoms with van der Waals surface area (Å²) < 4.78 is 10.2. The molecule has 0 spiro atoms. The maximum Gasteiger partial charge on any atom is 0.173 e. The van der Waals surface area contributed by atoms with Gasteiger partial charge in [0.25, 0.3) is 0 Å². The summed E-state index contributed by atoms with van der Waals surface area (Å²) in [6, 6.07) is 10.0. The van der Waals surface area contributed by atoms with Crippen LogP contribution in [0.1, 0.15) is 0 Å². The van der Waals surface area contributed by atoms with Crippen LogP contribution in [0.2, 0.25) is 0 Å². The summed E-state index contributed by atoms with van der Waals surface area (Å²) in [5.74, 6) is 0. The molecule has 4 nitrogen and oxygen atoms in total. The van der Waals surface area contributed by atoms with E-state index in [1.165, 1.54) is 0 Å². The van der Waals surface area contributed by atoms with Crippen LogP contribution in [0.3, 0.4) is 0 Å². The largest absolute Gasteiger partial charge is 0.380 e. The standard InChI is InChI=1S/C13H16N2O2/c1-16-13(17-2)9-15-11-5-6-12-10(8-11)4-3-7-14-12/h3-8,13,15H,9H2,1-2H3. The molecule has 0 fully saturated rings. The summed E-state index contributed by atoms with van der Waals surface area (Å²) in [5, 5.41) is 4.38. The van der Waals surface area contributed by atoms with E-state index in [0.29, 0.717) is 6.54 Å². The van der Waals surface area contributed by atoms with E-state index in [9.17, 15) is 0 Å². The Labute approximate surface area is 101 Å². The van der Waals surface area contributed by atoms with Crippen molar-refractivity contribution in [1.29, 1.82) is 0 Å². The van der Waals surface area contributed by atoms with E-state index in [0.717, 1.165) is 16.6 Å². The summed E-state index contributed by atoms with van der Waals surface area (Å²) in [7, 11) is 3.25. The molecule has 0 aliphatic carbocycles. The van der Waals surface area contributed by atoms with Crippen molar-refractivity contribution in [3.63, 3.8) is 0 Å². The van der Waals surface area contributed by atoms with Gasteiger partial charge in [-0.1, -0.05) is 6.07 Å². The molecule has 1 N–H and O–H groups in total. The molecule has 0 unspecified atom stereocenters. The predicted octanol–water partition coefficient (Wildman–Crippen LogP) is 2.27. The van der Waals surface area contributed by atoms with Crippen LogP contribution in [-0.4, -0.2) is 32.0 Å². The Morgan fingerprint density at radius 2 is 2.06 bits per heavy atom. The van der Waals surface area contributed by atoms with Gasteiger partial charge in [-0.15, -0.1) is 0 Å². The summed E-state index contributed by atoms with van der Waals surface area (Å²) in [4.78, 5) is 4.27. The topological polar surface area (TPSA) is 43.4 Å². The average Bonchev–Trinajstić information content (AvgIpc) is 2.40. The fourth-order valence-electron chi connectivity index (χ4n) is 1.65. The van der Waals surface area contributed by atoms with Crippen LogP contribution in [0.5, 0.6) is 0 Å². The van der Waals surface area contributed by atoms with Gasteiger partial charge in [-0.3, -0.25) is 4.98 Å². The van der Waals surface area contributed by atoms with E-state index in [2.05, 4.69) is 16.4 Å². The summed E-state index contributed by atoms with van der Waals surface area (Å²) in [6.45, 7) is 0.610. The molecule has 0 amide bonds. The average molecular weight is 232 g/mol. The Balaban J connectivity index is 2.09. The van der Waals surface area contributed by atoms with Crippen LogP contribution < -0.4 is 5.32 Å². The predicted molar refractivity (Wildman–Crippen MR) is 68.0 cm³/mol. The van der Waals surface area contributed by atoms with Crippen LogP contribution in [0.25, 0.3) is 10.9 Å². The molecule has 0 aliphatic rings. The fourth-order valence-corrected chi connectivity index (χ4v) is 1.65. The van der Waals surface area contributed by atoms with Crippen molar-refractivity contribution in [2.45, 2.75) is 6.29 Å². The van der Waals surface area contributed by atoms with Gasteiger partial charge in [0.1, 0.15) is 0 Å². The van der Waals surface area contributed by atoms with Gasteiger partial charge in [0, 0.05) is 31.5 Å². The molecule has 90 valence electrons. The molecule has 4 heteroatoms. The molecule has 0 aliphatic heterocycles. The Morgan fingerprint density at radius 1 is 1.24 bits per heavy atom. The zero-order valence-corrected chi connectivity index (χ0v) is 10.0. The van der Waals surface area contributed by atoms with Crippen molar-refractivity contribution in [3.8, 4) is 0 Å². The lowest BCUT2D eigenvalue weighted by Gasteiger charge is -2.15. The highest BCUT2D eigenvalue weighted by Gasteiger charge is 2.04. The third-order valence-electron chi connectivity index (χ3n) is 2.60. The first-order valence-electron chi connectivity index (χ1n) is 5.47. The van der Waals surface area contributed by atoms with Crippen molar-refractivity contribution in [3.05, 3.63) is 36.5 Å². The Kier molecular flexibility index (Phi) is 3.90. The maximum atomic E-state index is 5.11. The number of nitrogens with zero attached hydrogens (tertiary/aromatic N) is 1. The van der Waals surface area contributed by atoms with Crippen LogP contribution in [0.15, 0.2) is 36.5 Å². The first kappa shape index (κ1) is 11.8. The van der Waals surface area contributed by atoms with Crippen LogP contribution in [0.4, 0.5) is 5.69 Å². The van der Waals surface area contributed by atoms with E-state index in [-0.39, 0.29) is 6.29 Å². The van der Waals surface area contributed by atoms with Crippen molar-refractivity contribution in [1.82, 2.24) is 4.98 Å². The van der Waals surface area contributed by atoms with Crippen molar-refractivity contribution < 1.29 is 9.47 Å². The molecular formula is C13H16N2O2. The molecule has 1 aromatic carbocycles. The zero-order chi connectivity index (χ0) is 12.1. The minimum atomic E-state index is -0.236. The van der Waals surface area contributed by atoms with Crippen molar-refractivity contribution in [2.75, 3.05) is 26.1 Å². The smallest absolute Gasteiger partial charge is 0.173 e. The van der Waals surface area contributed by atoms with Gasteiger partial charge in [0.15, 0.2) is 6.29 Å². The molecule has 17 heavy (non-hydrogen) atoms. The number of nitrogens with one attached hydrogen (secondary N) is 1. The number of methoxy groups -OCH3 is 2. The van der Waals surface area contributed by atoms with Gasteiger partial charge in [0.2, 0.25) is 0 Å². The quantitative estimate of drug-likeness (QED) is 0.803. The molecule has 2 rings (SSSR count). The second-order valence-electron chi connectivity index (χ2n) is 3.69. The minimum absolute atomic E-state index is 0.236. The van der Waals surface area contributed by atoms with E-state index >= 15 is 0 Å². The van der Waals surface area contributed by atoms with E-state index < -0.39 is 0 Å². The van der Waals surface area contributed by atoms with E-state index in [1.807, 2.05) is 24.3 Å². The van der Waals surface area contributed by atoms with Gasteiger partial charge >= 0.3 is 0 Å². The lowest BCUT2D eigenvalue weighted by molar-refractivity contribution is -0.0914. The van der Waals surface area contributed by atoms with E-state index in [1.54, 1.807) is 20.4 Å². The normalized spacial score (nSPS) is 11.0. The SMILES string of the molecule is COC(CNc1ccc2ncccc2c1)OC. The number of hydrogen-bond acceptors (Lipinski definition) is 4. The highest BCUT2D eigenvalue weighted by molar-refractivity contribution is 5.82. The van der Waals surface area contributed by atoms with Crippen molar-refractivity contribution >= 4 is 16.6 Å². The highest BCUT2D eigenvalue weighted by Crippen LogP contribution is 2.16. The number of benzene rings is 1. The van der Waals surface area contributed by atoms with Crippen LogP contribution in [-0.2, 0) is 9.47 Å².